The highest BCUT2D eigenvalue weighted by atomic mass is 32.1. The zero-order chi connectivity index (χ0) is 17.9. The number of thiophene rings is 1. The fraction of sp³-hybridized carbons (Fsp3) is 0.348. The topological polar surface area (TPSA) is 29.1 Å². The second-order valence-corrected chi connectivity index (χ2v) is 8.43. The van der Waals surface area contributed by atoms with E-state index in [1.165, 1.54) is 46.0 Å². The molecule has 1 aliphatic rings. The van der Waals surface area contributed by atoms with E-state index >= 15 is 0 Å². The summed E-state index contributed by atoms with van der Waals surface area (Å²) in [4.78, 5) is 13.9. The Morgan fingerprint density at radius 1 is 1.04 bits per heavy atom. The van der Waals surface area contributed by atoms with Crippen LogP contribution in [-0.2, 0) is 6.42 Å². The van der Waals surface area contributed by atoms with Crippen molar-refractivity contribution in [1.29, 1.82) is 0 Å². The van der Waals surface area contributed by atoms with Crippen LogP contribution in [0.25, 0.3) is 10.1 Å². The van der Waals surface area contributed by atoms with Gasteiger partial charge >= 0.3 is 0 Å². The number of carbonyl (C=O) groups is 1. The smallest absolute Gasteiger partial charge is 0.261 e. The summed E-state index contributed by atoms with van der Waals surface area (Å²) >= 11 is 1.63. The van der Waals surface area contributed by atoms with E-state index in [9.17, 15) is 4.79 Å². The third-order valence-corrected chi connectivity index (χ3v) is 6.56. The average molecular weight is 364 g/mol. The molecule has 1 heterocycles. The summed E-state index contributed by atoms with van der Waals surface area (Å²) in [7, 11) is 0. The molecule has 1 amide bonds. The van der Waals surface area contributed by atoms with Gasteiger partial charge in [-0.2, -0.15) is 0 Å². The number of aryl methyl sites for hydroxylation is 1. The summed E-state index contributed by atoms with van der Waals surface area (Å²) in [5, 5.41) is 4.52. The molecule has 1 aromatic heterocycles. The van der Waals surface area contributed by atoms with Crippen molar-refractivity contribution in [3.8, 4) is 0 Å². The van der Waals surface area contributed by atoms with Gasteiger partial charge in [0.15, 0.2) is 0 Å². The van der Waals surface area contributed by atoms with Crippen LogP contribution in [0.1, 0.15) is 58.5 Å². The maximum atomic E-state index is 13.0. The van der Waals surface area contributed by atoms with Gasteiger partial charge in [-0.15, -0.1) is 11.3 Å². The molecule has 3 heteroatoms. The Hall–Kier alpha value is -2.13. The molecule has 26 heavy (non-hydrogen) atoms. The molecule has 1 aliphatic carbocycles. The van der Waals surface area contributed by atoms with Gasteiger partial charge in [-0.25, -0.2) is 0 Å². The van der Waals surface area contributed by atoms with Gasteiger partial charge in [-0.1, -0.05) is 67.3 Å². The van der Waals surface area contributed by atoms with Crippen LogP contribution in [-0.4, -0.2) is 11.9 Å². The minimum Gasteiger partial charge on any atom is -0.349 e. The van der Waals surface area contributed by atoms with Crippen LogP contribution in [0, 0.1) is 6.92 Å². The van der Waals surface area contributed by atoms with Crippen LogP contribution >= 0.6 is 11.3 Å². The number of benzene rings is 2. The molecule has 2 nitrogen and oxygen atoms in total. The van der Waals surface area contributed by atoms with Gasteiger partial charge in [0.05, 0.1) is 4.88 Å². The lowest BCUT2D eigenvalue weighted by Gasteiger charge is -2.22. The van der Waals surface area contributed by atoms with E-state index in [0.717, 1.165) is 24.1 Å². The van der Waals surface area contributed by atoms with E-state index in [4.69, 9.17) is 0 Å². The third kappa shape index (κ3) is 3.68. The van der Waals surface area contributed by atoms with E-state index in [-0.39, 0.29) is 5.91 Å². The zero-order valence-corrected chi connectivity index (χ0v) is 16.1. The normalized spacial score (nSPS) is 15.3. The lowest BCUT2D eigenvalue weighted by Crippen LogP contribution is -2.36. The highest BCUT2D eigenvalue weighted by molar-refractivity contribution is 7.21. The molecule has 0 radical (unpaired) electrons. The predicted molar refractivity (Wildman–Crippen MR) is 110 cm³/mol. The molecule has 1 N–H and O–H groups in total. The largest absolute Gasteiger partial charge is 0.349 e. The molecule has 0 atom stereocenters. The highest BCUT2D eigenvalue weighted by Gasteiger charge is 2.22. The molecule has 4 rings (SSSR count). The van der Waals surface area contributed by atoms with E-state index in [1.54, 1.807) is 11.3 Å². The first-order valence-electron chi connectivity index (χ1n) is 9.57. The second-order valence-electron chi connectivity index (χ2n) is 7.38. The molecule has 0 bridgehead atoms. The van der Waals surface area contributed by atoms with Gasteiger partial charge < -0.3 is 5.32 Å². The Labute approximate surface area is 159 Å². The molecule has 1 saturated carbocycles. The number of carbonyl (C=O) groups excluding carboxylic acids is 1. The SMILES string of the molecule is Cc1ccc(Cc2c(C(=O)NC3CCCCC3)sc3ccccc23)cc1. The predicted octanol–water partition coefficient (Wildman–Crippen LogP) is 5.86. The third-order valence-electron chi connectivity index (χ3n) is 5.35. The standard InChI is InChI=1S/C23H25NOS/c1-16-11-13-17(14-12-16)15-20-19-9-5-6-10-21(19)26-22(20)23(25)24-18-7-3-2-4-8-18/h5-6,9-14,18H,2-4,7-8,15H2,1H3,(H,24,25). The van der Waals surface area contributed by atoms with E-state index in [1.807, 2.05) is 0 Å². The van der Waals surface area contributed by atoms with Crippen LogP contribution in [0.4, 0.5) is 0 Å². The van der Waals surface area contributed by atoms with Gasteiger partial charge in [0, 0.05) is 10.7 Å². The molecular formula is C23H25NOS. The number of rotatable bonds is 4. The first-order chi connectivity index (χ1) is 12.7. The highest BCUT2D eigenvalue weighted by Crippen LogP contribution is 2.33. The number of fused-ring (bicyclic) bond motifs is 1. The molecular weight excluding hydrogens is 338 g/mol. The number of hydrogen-bond acceptors (Lipinski definition) is 2. The fourth-order valence-corrected chi connectivity index (χ4v) is 4.99. The van der Waals surface area contributed by atoms with Crippen molar-refractivity contribution < 1.29 is 4.79 Å². The van der Waals surface area contributed by atoms with Crippen LogP contribution < -0.4 is 5.32 Å². The second kappa shape index (κ2) is 7.63. The summed E-state index contributed by atoms with van der Waals surface area (Å²) in [6.45, 7) is 2.10. The maximum Gasteiger partial charge on any atom is 0.261 e. The van der Waals surface area contributed by atoms with Crippen molar-refractivity contribution in [2.24, 2.45) is 0 Å². The van der Waals surface area contributed by atoms with Gasteiger partial charge in [-0.05, 0) is 48.8 Å². The molecule has 134 valence electrons. The number of amides is 1. The van der Waals surface area contributed by atoms with Crippen molar-refractivity contribution in [3.63, 3.8) is 0 Å². The maximum absolute atomic E-state index is 13.0. The first kappa shape index (κ1) is 17.3. The van der Waals surface area contributed by atoms with Crippen molar-refractivity contribution in [3.05, 3.63) is 70.1 Å². The Morgan fingerprint density at radius 2 is 1.77 bits per heavy atom. The molecule has 3 aromatic rings. The molecule has 2 aromatic carbocycles. The lowest BCUT2D eigenvalue weighted by atomic mass is 9.95. The van der Waals surface area contributed by atoms with Crippen LogP contribution in [0.2, 0.25) is 0 Å². The Kier molecular flexibility index (Phi) is 5.07. The van der Waals surface area contributed by atoms with E-state index < -0.39 is 0 Å². The molecule has 0 saturated heterocycles. The molecule has 0 spiro atoms. The zero-order valence-electron chi connectivity index (χ0n) is 15.3. The van der Waals surface area contributed by atoms with Crippen molar-refractivity contribution in [1.82, 2.24) is 5.32 Å². The van der Waals surface area contributed by atoms with Crippen LogP contribution in [0.3, 0.4) is 0 Å². The Bertz CT molecular complexity index is 904. The van der Waals surface area contributed by atoms with Gasteiger partial charge in [0.2, 0.25) is 0 Å². The van der Waals surface area contributed by atoms with Gasteiger partial charge in [0.1, 0.15) is 0 Å². The number of nitrogens with one attached hydrogen (secondary N) is 1. The van der Waals surface area contributed by atoms with E-state index in [2.05, 4.69) is 60.8 Å². The van der Waals surface area contributed by atoms with Crippen molar-refractivity contribution in [2.75, 3.05) is 0 Å². The minimum absolute atomic E-state index is 0.111. The monoisotopic (exact) mass is 363 g/mol. The van der Waals surface area contributed by atoms with Crippen molar-refractivity contribution >= 4 is 27.3 Å². The quantitative estimate of drug-likeness (QED) is 0.618. The van der Waals surface area contributed by atoms with Crippen LogP contribution in [0.15, 0.2) is 48.5 Å². The summed E-state index contributed by atoms with van der Waals surface area (Å²) in [5.41, 5.74) is 3.69. The van der Waals surface area contributed by atoms with Crippen LogP contribution in [0.5, 0.6) is 0 Å². The minimum atomic E-state index is 0.111. The Balaban J connectivity index is 1.66. The fourth-order valence-electron chi connectivity index (χ4n) is 3.87. The molecule has 0 unspecified atom stereocenters. The molecule has 1 fully saturated rings. The first-order valence-corrected chi connectivity index (χ1v) is 10.4. The summed E-state index contributed by atoms with van der Waals surface area (Å²) in [6.07, 6.45) is 6.79. The lowest BCUT2D eigenvalue weighted by molar-refractivity contribution is 0.0931. The molecule has 0 aliphatic heterocycles. The average Bonchev–Trinajstić information content (AvgIpc) is 3.03. The summed E-state index contributed by atoms with van der Waals surface area (Å²) in [5.74, 6) is 0.111. The summed E-state index contributed by atoms with van der Waals surface area (Å²) in [6, 6.07) is 17.4. The number of hydrogen-bond donors (Lipinski definition) is 1. The summed E-state index contributed by atoms with van der Waals surface area (Å²) < 4.78 is 1.20. The Morgan fingerprint density at radius 3 is 2.54 bits per heavy atom. The van der Waals surface area contributed by atoms with Gasteiger partial charge in [0.25, 0.3) is 5.91 Å². The van der Waals surface area contributed by atoms with E-state index in [0.29, 0.717) is 6.04 Å². The van der Waals surface area contributed by atoms with Crippen molar-refractivity contribution in [2.45, 2.75) is 51.5 Å². The van der Waals surface area contributed by atoms with Gasteiger partial charge in [-0.3, -0.25) is 4.79 Å².